The van der Waals surface area contributed by atoms with Gasteiger partial charge in [0.15, 0.2) is 0 Å². The lowest BCUT2D eigenvalue weighted by molar-refractivity contribution is -0.384. The number of hydrogen-bond acceptors (Lipinski definition) is 5. The Morgan fingerprint density at radius 2 is 2.29 bits per heavy atom. The molecule has 0 bridgehead atoms. The van der Waals surface area contributed by atoms with Crippen LogP contribution in [0.5, 0.6) is 0 Å². The van der Waals surface area contributed by atoms with Gasteiger partial charge in [-0.1, -0.05) is 6.42 Å². The predicted octanol–water partition coefficient (Wildman–Crippen LogP) is 2.33. The van der Waals surface area contributed by atoms with Crippen molar-refractivity contribution in [3.8, 4) is 0 Å². The van der Waals surface area contributed by atoms with E-state index in [0.717, 1.165) is 24.7 Å². The van der Waals surface area contributed by atoms with Gasteiger partial charge in [-0.2, -0.15) is 11.8 Å². The lowest BCUT2D eigenvalue weighted by Crippen LogP contribution is -2.32. The van der Waals surface area contributed by atoms with Crippen molar-refractivity contribution in [1.29, 1.82) is 0 Å². The zero-order valence-electron chi connectivity index (χ0n) is 11.3. The lowest BCUT2D eigenvalue weighted by atomic mass is 10.1. The Hall–Kier alpha value is -1.83. The molecule has 1 saturated heterocycles. The molecule has 1 aliphatic heterocycles. The fraction of sp³-hybridized carbons (Fsp3) is 0.462. The summed E-state index contributed by atoms with van der Waals surface area (Å²) in [5.74, 6) is -0.372. The molecule has 0 saturated carbocycles. The largest absolute Gasteiger partial charge is 0.393 e. The summed E-state index contributed by atoms with van der Waals surface area (Å²) in [5.41, 5.74) is 4.50. The van der Waals surface area contributed by atoms with E-state index in [1.165, 1.54) is 6.42 Å². The Morgan fingerprint density at radius 1 is 1.52 bits per heavy atom. The van der Waals surface area contributed by atoms with Gasteiger partial charge in [-0.25, -0.2) is 4.39 Å². The first kappa shape index (κ1) is 15.6. The van der Waals surface area contributed by atoms with Gasteiger partial charge in [-0.05, 0) is 24.7 Å². The summed E-state index contributed by atoms with van der Waals surface area (Å²) in [7, 11) is 0. The average molecular weight is 313 g/mol. The number of hydrogen-bond donors (Lipinski definition) is 2. The normalized spacial score (nSPS) is 18.2. The molecule has 6 nitrogen and oxygen atoms in total. The Bertz CT molecular complexity index is 562. The summed E-state index contributed by atoms with van der Waals surface area (Å²) in [6, 6.07) is 1.63. The number of nitrogens with one attached hydrogen (secondary N) is 1. The topological polar surface area (TPSA) is 98.3 Å². The van der Waals surface area contributed by atoms with Crippen LogP contribution >= 0.6 is 11.8 Å². The lowest BCUT2D eigenvalue weighted by Gasteiger charge is -2.21. The molecule has 1 unspecified atom stereocenters. The molecule has 8 heteroatoms. The molecule has 1 aromatic carbocycles. The maximum Gasteiger partial charge on any atom is 0.295 e. The van der Waals surface area contributed by atoms with Gasteiger partial charge >= 0.3 is 0 Å². The number of thioether (sulfide) groups is 1. The zero-order valence-corrected chi connectivity index (χ0v) is 12.1. The van der Waals surface area contributed by atoms with Crippen molar-refractivity contribution >= 4 is 29.0 Å². The number of nitro groups is 1. The third kappa shape index (κ3) is 3.84. The smallest absolute Gasteiger partial charge is 0.295 e. The van der Waals surface area contributed by atoms with Gasteiger partial charge in [0.25, 0.3) is 11.6 Å². The highest BCUT2D eigenvalue weighted by Crippen LogP contribution is 2.27. The minimum Gasteiger partial charge on any atom is -0.393 e. The Morgan fingerprint density at radius 3 is 2.90 bits per heavy atom. The minimum absolute atomic E-state index is 0.192. The summed E-state index contributed by atoms with van der Waals surface area (Å²) >= 11 is 1.79. The Balaban J connectivity index is 2.09. The fourth-order valence-corrected chi connectivity index (χ4v) is 3.45. The van der Waals surface area contributed by atoms with Crippen LogP contribution < -0.4 is 11.1 Å². The molecule has 0 radical (unpaired) electrons. The highest BCUT2D eigenvalue weighted by molar-refractivity contribution is 7.99. The summed E-state index contributed by atoms with van der Waals surface area (Å²) < 4.78 is 13.4. The van der Waals surface area contributed by atoms with Crippen LogP contribution in [0.25, 0.3) is 0 Å². The van der Waals surface area contributed by atoms with E-state index in [0.29, 0.717) is 17.9 Å². The van der Waals surface area contributed by atoms with E-state index in [2.05, 4.69) is 5.32 Å². The number of carbonyl (C=O) groups is 1. The van der Waals surface area contributed by atoms with Crippen molar-refractivity contribution in [2.45, 2.75) is 24.5 Å². The van der Waals surface area contributed by atoms with Gasteiger partial charge in [0.2, 0.25) is 0 Å². The Kier molecular flexibility index (Phi) is 5.00. The zero-order chi connectivity index (χ0) is 15.4. The number of nitrogens with two attached hydrogens (primary N) is 1. The van der Waals surface area contributed by atoms with Crippen molar-refractivity contribution in [1.82, 2.24) is 5.32 Å². The van der Waals surface area contributed by atoms with Crippen molar-refractivity contribution in [3.05, 3.63) is 33.6 Å². The maximum atomic E-state index is 13.4. The monoisotopic (exact) mass is 313 g/mol. The predicted molar refractivity (Wildman–Crippen MR) is 79.9 cm³/mol. The number of nitrogens with zero attached hydrogens (tertiary/aromatic N) is 1. The molecule has 0 aromatic heterocycles. The summed E-state index contributed by atoms with van der Waals surface area (Å²) in [6.07, 6.45) is 3.32. The number of nitro benzene ring substituents is 1. The molecule has 1 aromatic rings. The molecular formula is C13H16FN3O3S. The average Bonchev–Trinajstić information content (AvgIpc) is 2.47. The van der Waals surface area contributed by atoms with Gasteiger partial charge in [0, 0.05) is 11.8 Å². The minimum atomic E-state index is -0.854. The number of halogens is 1. The molecule has 1 atom stereocenters. The van der Waals surface area contributed by atoms with Crippen LogP contribution in [0, 0.1) is 15.9 Å². The van der Waals surface area contributed by atoms with Gasteiger partial charge in [0.05, 0.1) is 16.6 Å². The molecule has 1 aliphatic rings. The van der Waals surface area contributed by atoms with E-state index in [1.807, 2.05) is 0 Å². The molecule has 0 aliphatic carbocycles. The van der Waals surface area contributed by atoms with Crippen molar-refractivity contribution in [2.75, 3.05) is 18.0 Å². The standard InChI is InChI=1S/C13H16FN3O3S/c14-8-5-10(12(15)11(6-8)17(19)20)13(18)16-7-9-3-1-2-4-21-9/h5-6,9H,1-4,7,15H2,(H,16,18). The number of anilines is 1. The van der Waals surface area contributed by atoms with Crippen LogP contribution in [-0.2, 0) is 0 Å². The molecule has 3 N–H and O–H groups in total. The molecular weight excluding hydrogens is 297 g/mol. The molecule has 1 heterocycles. The Labute approximate surface area is 125 Å². The van der Waals surface area contributed by atoms with E-state index >= 15 is 0 Å². The van der Waals surface area contributed by atoms with Gasteiger partial charge in [-0.3, -0.25) is 14.9 Å². The second kappa shape index (κ2) is 6.75. The van der Waals surface area contributed by atoms with Crippen LogP contribution in [0.4, 0.5) is 15.8 Å². The third-order valence-corrected chi connectivity index (χ3v) is 4.73. The quantitative estimate of drug-likeness (QED) is 0.505. The van der Waals surface area contributed by atoms with Crippen LogP contribution in [0.15, 0.2) is 12.1 Å². The van der Waals surface area contributed by atoms with Crippen molar-refractivity contribution in [2.24, 2.45) is 0 Å². The second-order valence-corrected chi connectivity index (χ2v) is 6.25. The van der Waals surface area contributed by atoms with Crippen LogP contribution in [0.2, 0.25) is 0 Å². The van der Waals surface area contributed by atoms with Gasteiger partial charge in [0.1, 0.15) is 11.5 Å². The first-order chi connectivity index (χ1) is 9.99. The van der Waals surface area contributed by atoms with Crippen LogP contribution in [0.3, 0.4) is 0 Å². The van der Waals surface area contributed by atoms with Gasteiger partial charge < -0.3 is 11.1 Å². The molecule has 1 fully saturated rings. The van der Waals surface area contributed by atoms with Gasteiger partial charge in [-0.15, -0.1) is 0 Å². The van der Waals surface area contributed by atoms with E-state index in [9.17, 15) is 19.3 Å². The second-order valence-electron chi connectivity index (χ2n) is 4.84. The third-order valence-electron chi connectivity index (χ3n) is 3.33. The summed E-state index contributed by atoms with van der Waals surface area (Å²) in [4.78, 5) is 22.0. The molecule has 114 valence electrons. The highest BCUT2D eigenvalue weighted by Gasteiger charge is 2.22. The maximum absolute atomic E-state index is 13.4. The highest BCUT2D eigenvalue weighted by atomic mass is 32.2. The summed E-state index contributed by atoms with van der Waals surface area (Å²) in [5, 5.41) is 13.8. The molecule has 2 rings (SSSR count). The number of nitrogen functional groups attached to an aromatic ring is 1. The number of carbonyl (C=O) groups excluding carboxylic acids is 1. The number of rotatable bonds is 4. The molecule has 21 heavy (non-hydrogen) atoms. The number of amides is 1. The first-order valence-electron chi connectivity index (χ1n) is 6.62. The molecule has 1 amide bonds. The van der Waals surface area contributed by atoms with Crippen molar-refractivity contribution < 1.29 is 14.1 Å². The van der Waals surface area contributed by atoms with Crippen molar-refractivity contribution in [3.63, 3.8) is 0 Å². The fourth-order valence-electron chi connectivity index (χ4n) is 2.21. The number of benzene rings is 1. The molecule has 0 spiro atoms. The van der Waals surface area contributed by atoms with E-state index in [4.69, 9.17) is 5.73 Å². The summed E-state index contributed by atoms with van der Waals surface area (Å²) in [6.45, 7) is 0.452. The van der Waals surface area contributed by atoms with E-state index < -0.39 is 22.3 Å². The SMILES string of the molecule is Nc1c(C(=O)NCC2CCCCS2)cc(F)cc1[N+](=O)[O-]. The van der Waals surface area contributed by atoms with Crippen LogP contribution in [-0.4, -0.2) is 28.4 Å². The van der Waals surface area contributed by atoms with E-state index in [-0.39, 0.29) is 11.3 Å². The van der Waals surface area contributed by atoms with Crippen LogP contribution in [0.1, 0.15) is 29.6 Å². The first-order valence-corrected chi connectivity index (χ1v) is 7.67. The van der Waals surface area contributed by atoms with E-state index in [1.54, 1.807) is 11.8 Å².